The van der Waals surface area contributed by atoms with Gasteiger partial charge in [-0.3, -0.25) is 0 Å². The van der Waals surface area contributed by atoms with Crippen molar-refractivity contribution in [3.05, 3.63) is 35.0 Å². The lowest BCUT2D eigenvalue weighted by molar-refractivity contribution is 0.254. The average Bonchev–Trinajstić information content (AvgIpc) is 3.29. The minimum absolute atomic E-state index is 0. The third-order valence-electron chi connectivity index (χ3n) is 4.65. The number of guanidine groups is 1. The second-order valence-corrected chi connectivity index (χ2v) is 8.45. The van der Waals surface area contributed by atoms with Gasteiger partial charge in [0.1, 0.15) is 17.6 Å². The summed E-state index contributed by atoms with van der Waals surface area (Å²) in [4.78, 5) is 9.17. The van der Waals surface area contributed by atoms with Crippen molar-refractivity contribution < 1.29 is 14.0 Å². The Hall–Kier alpha value is -2.04. The van der Waals surface area contributed by atoms with E-state index in [1.54, 1.807) is 0 Å². The molecule has 0 radical (unpaired) electrons. The molecule has 0 aliphatic carbocycles. The highest BCUT2D eigenvalue weighted by Crippen LogP contribution is 2.35. The van der Waals surface area contributed by atoms with Crippen molar-refractivity contribution in [1.82, 2.24) is 20.8 Å². The number of aliphatic imine (C=N–C) groups is 1. The van der Waals surface area contributed by atoms with Crippen LogP contribution in [0.3, 0.4) is 0 Å². The van der Waals surface area contributed by atoms with Crippen molar-refractivity contribution in [1.29, 1.82) is 0 Å². The smallest absolute Gasteiger partial charge is 0.232 e. The summed E-state index contributed by atoms with van der Waals surface area (Å²) in [5.74, 6) is 3.68. The van der Waals surface area contributed by atoms with Crippen LogP contribution in [0.15, 0.2) is 21.6 Å². The Bertz CT molecular complexity index is 892. The molecule has 9 heteroatoms. The van der Waals surface area contributed by atoms with E-state index in [1.807, 2.05) is 40.7 Å². The number of nitrogens with one attached hydrogen (secondary N) is 2. The Morgan fingerprint density at radius 2 is 2.03 bits per heavy atom. The van der Waals surface area contributed by atoms with Gasteiger partial charge in [-0.2, -0.15) is 4.98 Å². The molecule has 1 aliphatic rings. The van der Waals surface area contributed by atoms with Gasteiger partial charge in [0.15, 0.2) is 11.8 Å². The largest absolute Gasteiger partial charge is 0.494 e. The summed E-state index contributed by atoms with van der Waals surface area (Å²) in [6.07, 6.45) is 1.10. The van der Waals surface area contributed by atoms with Gasteiger partial charge in [0.05, 0.1) is 19.7 Å². The Morgan fingerprint density at radius 3 is 2.68 bits per heavy atom. The van der Waals surface area contributed by atoms with E-state index in [4.69, 9.17) is 19.0 Å². The first-order valence-corrected chi connectivity index (χ1v) is 10.6. The predicted octanol–water partition coefficient (Wildman–Crippen LogP) is 3.96. The predicted molar refractivity (Wildman–Crippen MR) is 131 cm³/mol. The van der Waals surface area contributed by atoms with Gasteiger partial charge < -0.3 is 24.6 Å². The average molecular weight is 543 g/mol. The Balaban J connectivity index is 0.00000341. The summed E-state index contributed by atoms with van der Waals surface area (Å²) in [5, 5.41) is 10.6. The topological polar surface area (TPSA) is 93.8 Å². The molecular formula is C22H34IN5O3. The molecule has 1 aromatic carbocycles. The van der Waals surface area contributed by atoms with Crippen molar-refractivity contribution in [2.24, 2.45) is 4.99 Å². The highest BCUT2D eigenvalue weighted by molar-refractivity contribution is 14.0. The van der Waals surface area contributed by atoms with Gasteiger partial charge in [-0.1, -0.05) is 25.9 Å². The number of aromatic nitrogens is 2. The molecule has 0 fully saturated rings. The van der Waals surface area contributed by atoms with E-state index in [9.17, 15) is 0 Å². The minimum atomic E-state index is -0.174. The molecule has 1 aromatic heterocycles. The maximum atomic E-state index is 5.91. The monoisotopic (exact) mass is 543 g/mol. The number of hydrogen-bond acceptors (Lipinski definition) is 6. The third kappa shape index (κ3) is 6.72. The van der Waals surface area contributed by atoms with E-state index in [2.05, 4.69) is 33.8 Å². The van der Waals surface area contributed by atoms with E-state index in [-0.39, 0.29) is 35.5 Å². The lowest BCUT2D eigenvalue weighted by atomic mass is 9.97. The van der Waals surface area contributed by atoms with Crippen LogP contribution in [0.1, 0.15) is 64.4 Å². The molecule has 0 saturated heterocycles. The second kappa shape index (κ2) is 11.0. The summed E-state index contributed by atoms with van der Waals surface area (Å²) in [7, 11) is 0. The van der Waals surface area contributed by atoms with Gasteiger partial charge in [0.25, 0.3) is 0 Å². The molecule has 0 bridgehead atoms. The highest BCUT2D eigenvalue weighted by Gasteiger charge is 2.23. The van der Waals surface area contributed by atoms with E-state index in [0.29, 0.717) is 37.4 Å². The Kier molecular flexibility index (Phi) is 8.96. The van der Waals surface area contributed by atoms with Crippen LogP contribution in [0.2, 0.25) is 0 Å². The molecule has 8 nitrogen and oxygen atoms in total. The van der Waals surface area contributed by atoms with Crippen LogP contribution >= 0.6 is 24.0 Å². The molecular weight excluding hydrogens is 509 g/mol. The second-order valence-electron chi connectivity index (χ2n) is 8.45. The molecule has 2 aromatic rings. The fourth-order valence-corrected chi connectivity index (χ4v) is 3.19. The van der Waals surface area contributed by atoms with Crippen LogP contribution in [0.25, 0.3) is 0 Å². The molecule has 1 atom stereocenters. The SMILES string of the molecule is CCNC(=NCc1cc2c(cc1OCC)CC(C)O2)NCc1noc(C(C)(C)C)n1.I. The number of halogens is 1. The zero-order chi connectivity index (χ0) is 21.7. The van der Waals surface area contributed by atoms with Crippen LogP contribution in [0, 0.1) is 0 Å². The molecule has 0 spiro atoms. The fraction of sp³-hybridized carbons (Fsp3) is 0.591. The van der Waals surface area contributed by atoms with E-state index < -0.39 is 0 Å². The first kappa shape index (κ1) is 25.2. The molecule has 2 N–H and O–H groups in total. The van der Waals surface area contributed by atoms with Crippen LogP contribution in [0.5, 0.6) is 11.5 Å². The molecule has 31 heavy (non-hydrogen) atoms. The fourth-order valence-electron chi connectivity index (χ4n) is 3.19. The lowest BCUT2D eigenvalue weighted by Gasteiger charge is -2.13. The van der Waals surface area contributed by atoms with E-state index in [1.165, 1.54) is 5.56 Å². The molecule has 3 rings (SSSR count). The van der Waals surface area contributed by atoms with Crippen LogP contribution in [0.4, 0.5) is 0 Å². The summed E-state index contributed by atoms with van der Waals surface area (Å²) < 4.78 is 17.1. The van der Waals surface area contributed by atoms with Gasteiger partial charge in [-0.25, -0.2) is 4.99 Å². The standard InChI is InChI=1S/C22H33N5O3.HI/c1-7-23-21(25-13-19-26-20(30-27-19)22(4,5)6)24-12-16-11-18-15(9-14(3)29-18)10-17(16)28-8-2;/h10-11,14H,7-9,12-13H2,1-6H3,(H2,23,24,25);1H. The first-order valence-electron chi connectivity index (χ1n) is 10.6. The number of hydrogen-bond donors (Lipinski definition) is 2. The third-order valence-corrected chi connectivity index (χ3v) is 4.65. The Morgan fingerprint density at radius 1 is 1.26 bits per heavy atom. The number of benzene rings is 1. The normalized spacial score (nSPS) is 15.7. The lowest BCUT2D eigenvalue weighted by Crippen LogP contribution is -2.37. The molecule has 172 valence electrons. The van der Waals surface area contributed by atoms with Crippen molar-refractivity contribution in [2.45, 2.75) is 72.6 Å². The summed E-state index contributed by atoms with van der Waals surface area (Å²) in [6.45, 7) is 14.5. The molecule has 0 amide bonds. The molecule has 2 heterocycles. The van der Waals surface area contributed by atoms with Gasteiger partial charge in [0.2, 0.25) is 5.89 Å². The van der Waals surface area contributed by atoms with E-state index in [0.717, 1.165) is 30.0 Å². The number of fused-ring (bicyclic) bond motifs is 1. The highest BCUT2D eigenvalue weighted by atomic mass is 127. The molecule has 0 saturated carbocycles. The van der Waals surface area contributed by atoms with Crippen molar-refractivity contribution in [3.8, 4) is 11.5 Å². The number of rotatable bonds is 7. The van der Waals surface area contributed by atoms with E-state index >= 15 is 0 Å². The molecule has 1 aliphatic heterocycles. The van der Waals surface area contributed by atoms with Crippen LogP contribution < -0.4 is 20.1 Å². The maximum Gasteiger partial charge on any atom is 0.232 e. The quantitative estimate of drug-likeness (QED) is 0.310. The van der Waals surface area contributed by atoms with Gasteiger partial charge in [-0.05, 0) is 32.9 Å². The zero-order valence-corrected chi connectivity index (χ0v) is 21.6. The van der Waals surface area contributed by atoms with Crippen molar-refractivity contribution in [3.63, 3.8) is 0 Å². The number of ether oxygens (including phenoxy) is 2. The van der Waals surface area contributed by atoms with Crippen LogP contribution in [-0.2, 0) is 24.9 Å². The first-order chi connectivity index (χ1) is 14.3. The van der Waals surface area contributed by atoms with Crippen LogP contribution in [-0.4, -0.2) is 35.4 Å². The Labute approximate surface area is 201 Å². The summed E-state index contributed by atoms with van der Waals surface area (Å²) >= 11 is 0. The van der Waals surface area contributed by atoms with Crippen molar-refractivity contribution >= 4 is 29.9 Å². The van der Waals surface area contributed by atoms with Crippen molar-refractivity contribution in [2.75, 3.05) is 13.2 Å². The zero-order valence-electron chi connectivity index (χ0n) is 19.2. The summed E-state index contributed by atoms with van der Waals surface area (Å²) in [5.41, 5.74) is 2.01. The minimum Gasteiger partial charge on any atom is -0.494 e. The van der Waals surface area contributed by atoms with Gasteiger partial charge in [0, 0.05) is 29.5 Å². The van der Waals surface area contributed by atoms with Gasteiger partial charge >= 0.3 is 0 Å². The molecule has 1 unspecified atom stereocenters. The summed E-state index contributed by atoms with van der Waals surface area (Å²) in [6, 6.07) is 4.13. The number of nitrogens with zero attached hydrogens (tertiary/aromatic N) is 3. The van der Waals surface area contributed by atoms with Gasteiger partial charge in [-0.15, -0.1) is 24.0 Å². The maximum absolute atomic E-state index is 5.91.